The van der Waals surface area contributed by atoms with Crippen LogP contribution in [0.1, 0.15) is 11.1 Å². The highest BCUT2D eigenvalue weighted by molar-refractivity contribution is 5.62. The van der Waals surface area contributed by atoms with Crippen LogP contribution in [0, 0.1) is 10.1 Å². The third kappa shape index (κ3) is 1.23. The predicted molar refractivity (Wildman–Crippen MR) is 48.1 cm³/mol. The van der Waals surface area contributed by atoms with E-state index in [1.807, 2.05) is 0 Å². The fraction of sp³-hybridized carbons (Fsp3) is 0.250. The second kappa shape index (κ2) is 2.70. The van der Waals surface area contributed by atoms with Crippen LogP contribution in [0.15, 0.2) is 12.1 Å². The Morgan fingerprint density at radius 1 is 1.38 bits per heavy atom. The van der Waals surface area contributed by atoms with E-state index in [1.54, 1.807) is 12.1 Å². The Hall–Kier alpha value is -1.62. The van der Waals surface area contributed by atoms with Gasteiger partial charge in [-0.2, -0.15) is 0 Å². The molecule has 0 bridgehead atoms. The number of nitrogen functional groups attached to an aromatic ring is 1. The van der Waals surface area contributed by atoms with Gasteiger partial charge in [0.1, 0.15) is 5.69 Å². The van der Waals surface area contributed by atoms with Crippen molar-refractivity contribution in [2.24, 2.45) is 0 Å². The van der Waals surface area contributed by atoms with Crippen molar-refractivity contribution in [1.29, 1.82) is 0 Å². The SMILES string of the molecule is Nc1cc2c(cc1[N+](=O)[O-])CNC2. The minimum atomic E-state index is -0.450. The Balaban J connectivity index is 2.55. The molecular formula is C8H9N3O2. The predicted octanol–water partition coefficient (Wildman–Crippen LogP) is 0.780. The Labute approximate surface area is 74.7 Å². The molecule has 1 aliphatic rings. The minimum absolute atomic E-state index is 0.00227. The first kappa shape index (κ1) is 8.00. The van der Waals surface area contributed by atoms with Crippen LogP contribution in [-0.4, -0.2) is 4.92 Å². The lowest BCUT2D eigenvalue weighted by Gasteiger charge is -2.00. The molecule has 0 saturated heterocycles. The topological polar surface area (TPSA) is 81.2 Å². The van der Waals surface area contributed by atoms with Crippen molar-refractivity contribution < 1.29 is 4.92 Å². The van der Waals surface area contributed by atoms with Gasteiger partial charge in [0.15, 0.2) is 0 Å². The highest BCUT2D eigenvalue weighted by atomic mass is 16.6. The van der Waals surface area contributed by atoms with Gasteiger partial charge in [0.2, 0.25) is 0 Å². The van der Waals surface area contributed by atoms with Crippen molar-refractivity contribution in [3.63, 3.8) is 0 Å². The summed E-state index contributed by atoms with van der Waals surface area (Å²) in [6.07, 6.45) is 0. The molecule has 5 heteroatoms. The molecule has 0 saturated carbocycles. The number of nitrogens with zero attached hydrogens (tertiary/aromatic N) is 1. The lowest BCUT2D eigenvalue weighted by atomic mass is 10.1. The molecule has 1 heterocycles. The number of rotatable bonds is 1. The number of nitro benzene ring substituents is 1. The number of nitrogens with two attached hydrogens (primary N) is 1. The van der Waals surface area contributed by atoms with Gasteiger partial charge in [0, 0.05) is 19.2 Å². The maximum Gasteiger partial charge on any atom is 0.292 e. The van der Waals surface area contributed by atoms with Gasteiger partial charge in [0.05, 0.1) is 4.92 Å². The molecule has 5 nitrogen and oxygen atoms in total. The summed E-state index contributed by atoms with van der Waals surface area (Å²) in [5, 5.41) is 13.6. The lowest BCUT2D eigenvalue weighted by molar-refractivity contribution is -0.384. The van der Waals surface area contributed by atoms with E-state index in [-0.39, 0.29) is 11.4 Å². The summed E-state index contributed by atoms with van der Waals surface area (Å²) in [5.41, 5.74) is 7.80. The first-order valence-electron chi connectivity index (χ1n) is 3.95. The molecule has 0 spiro atoms. The van der Waals surface area contributed by atoms with E-state index in [9.17, 15) is 10.1 Å². The summed E-state index contributed by atoms with van der Waals surface area (Å²) < 4.78 is 0. The molecule has 0 amide bonds. The van der Waals surface area contributed by atoms with Crippen molar-refractivity contribution in [3.05, 3.63) is 33.4 Å². The Morgan fingerprint density at radius 2 is 2.00 bits per heavy atom. The van der Waals surface area contributed by atoms with Gasteiger partial charge in [-0.3, -0.25) is 10.1 Å². The highest BCUT2D eigenvalue weighted by Crippen LogP contribution is 2.27. The molecular weight excluding hydrogens is 170 g/mol. The third-order valence-corrected chi connectivity index (χ3v) is 2.18. The molecule has 2 rings (SSSR count). The molecule has 1 aliphatic heterocycles. The number of anilines is 1. The van der Waals surface area contributed by atoms with Crippen LogP contribution in [0.25, 0.3) is 0 Å². The molecule has 68 valence electrons. The second-order valence-corrected chi connectivity index (χ2v) is 3.04. The van der Waals surface area contributed by atoms with Gasteiger partial charge in [-0.25, -0.2) is 0 Å². The summed E-state index contributed by atoms with van der Waals surface area (Å²) in [6.45, 7) is 1.44. The summed E-state index contributed by atoms with van der Waals surface area (Å²) in [5.74, 6) is 0. The average molecular weight is 179 g/mol. The van der Waals surface area contributed by atoms with Gasteiger partial charge in [-0.1, -0.05) is 0 Å². The minimum Gasteiger partial charge on any atom is -0.393 e. The zero-order chi connectivity index (χ0) is 9.42. The van der Waals surface area contributed by atoms with E-state index < -0.39 is 4.92 Å². The molecule has 0 aromatic heterocycles. The number of nitro groups is 1. The first-order valence-corrected chi connectivity index (χ1v) is 3.95. The standard InChI is InChI=1S/C8H9N3O2/c9-7-1-5-3-10-4-6(5)2-8(7)11(12)13/h1-2,10H,3-4,9H2. The van der Waals surface area contributed by atoms with Gasteiger partial charge in [-0.05, 0) is 17.2 Å². The van der Waals surface area contributed by atoms with Crippen LogP contribution in [0.4, 0.5) is 11.4 Å². The number of fused-ring (bicyclic) bond motifs is 1. The molecule has 0 radical (unpaired) electrons. The number of hydrogen-bond acceptors (Lipinski definition) is 4. The Morgan fingerprint density at radius 3 is 2.62 bits per heavy atom. The van der Waals surface area contributed by atoms with Gasteiger partial charge >= 0.3 is 0 Å². The summed E-state index contributed by atoms with van der Waals surface area (Å²) in [6, 6.07) is 3.22. The molecule has 0 fully saturated rings. The Bertz CT molecular complexity index is 376. The zero-order valence-corrected chi connectivity index (χ0v) is 6.91. The molecule has 0 aliphatic carbocycles. The smallest absolute Gasteiger partial charge is 0.292 e. The van der Waals surface area contributed by atoms with E-state index in [4.69, 9.17) is 5.73 Å². The second-order valence-electron chi connectivity index (χ2n) is 3.04. The molecule has 3 N–H and O–H groups in total. The molecule has 1 aromatic carbocycles. The first-order chi connectivity index (χ1) is 6.18. The average Bonchev–Trinajstić information content (AvgIpc) is 2.48. The van der Waals surface area contributed by atoms with Crippen molar-refractivity contribution in [2.45, 2.75) is 13.1 Å². The van der Waals surface area contributed by atoms with Crippen LogP contribution >= 0.6 is 0 Å². The van der Waals surface area contributed by atoms with Gasteiger partial charge < -0.3 is 11.1 Å². The van der Waals surface area contributed by atoms with Crippen LogP contribution in [0.2, 0.25) is 0 Å². The van der Waals surface area contributed by atoms with Crippen LogP contribution in [-0.2, 0) is 13.1 Å². The monoisotopic (exact) mass is 179 g/mol. The fourth-order valence-electron chi connectivity index (χ4n) is 1.51. The highest BCUT2D eigenvalue weighted by Gasteiger charge is 2.18. The van der Waals surface area contributed by atoms with E-state index in [2.05, 4.69) is 5.32 Å². The van der Waals surface area contributed by atoms with Crippen molar-refractivity contribution in [1.82, 2.24) is 5.32 Å². The number of hydrogen-bond donors (Lipinski definition) is 2. The summed E-state index contributed by atoms with van der Waals surface area (Å²) in [7, 11) is 0. The maximum atomic E-state index is 10.5. The number of benzene rings is 1. The van der Waals surface area contributed by atoms with E-state index in [1.165, 1.54) is 0 Å². The Kier molecular flexibility index (Phi) is 1.66. The summed E-state index contributed by atoms with van der Waals surface area (Å²) >= 11 is 0. The van der Waals surface area contributed by atoms with Gasteiger partial charge in [-0.15, -0.1) is 0 Å². The molecule has 1 aromatic rings. The van der Waals surface area contributed by atoms with Crippen molar-refractivity contribution in [2.75, 3.05) is 5.73 Å². The normalized spacial score (nSPS) is 14.2. The van der Waals surface area contributed by atoms with Crippen LogP contribution < -0.4 is 11.1 Å². The van der Waals surface area contributed by atoms with E-state index >= 15 is 0 Å². The largest absolute Gasteiger partial charge is 0.393 e. The van der Waals surface area contributed by atoms with Crippen molar-refractivity contribution >= 4 is 11.4 Å². The molecule has 13 heavy (non-hydrogen) atoms. The van der Waals surface area contributed by atoms with E-state index in [0.29, 0.717) is 6.54 Å². The van der Waals surface area contributed by atoms with Crippen molar-refractivity contribution in [3.8, 4) is 0 Å². The van der Waals surface area contributed by atoms with Crippen LogP contribution in [0.5, 0.6) is 0 Å². The molecule has 0 atom stereocenters. The quantitative estimate of drug-likeness (QED) is 0.379. The number of nitrogens with one attached hydrogen (secondary N) is 1. The molecule has 0 unspecified atom stereocenters. The lowest BCUT2D eigenvalue weighted by Crippen LogP contribution is -1.99. The third-order valence-electron chi connectivity index (χ3n) is 2.18. The zero-order valence-electron chi connectivity index (χ0n) is 6.91. The van der Waals surface area contributed by atoms with E-state index in [0.717, 1.165) is 17.7 Å². The maximum absolute atomic E-state index is 10.5. The summed E-state index contributed by atoms with van der Waals surface area (Å²) in [4.78, 5) is 10.1. The fourth-order valence-corrected chi connectivity index (χ4v) is 1.51. The van der Waals surface area contributed by atoms with Gasteiger partial charge in [0.25, 0.3) is 5.69 Å². The van der Waals surface area contributed by atoms with Crippen LogP contribution in [0.3, 0.4) is 0 Å².